The topological polar surface area (TPSA) is 35.2 Å². The predicted molar refractivity (Wildman–Crippen MR) is 55.7 cm³/mol. The second-order valence-electron chi connectivity index (χ2n) is 3.72. The van der Waals surface area contributed by atoms with Crippen LogP contribution in [-0.4, -0.2) is 7.11 Å². The Labute approximate surface area is 94.5 Å². The maximum Gasteiger partial charge on any atom is 0.149 e. The molecule has 1 aliphatic rings. The van der Waals surface area contributed by atoms with Gasteiger partial charge in [-0.15, -0.1) is 0 Å². The van der Waals surface area contributed by atoms with E-state index in [-0.39, 0.29) is 15.8 Å². The molecule has 15 heavy (non-hydrogen) atoms. The number of methoxy groups -OCH3 is 1. The van der Waals surface area contributed by atoms with Crippen LogP contribution in [0.1, 0.15) is 18.4 Å². The Hall–Kier alpha value is -0.680. The quantitative estimate of drug-likeness (QED) is 0.844. The minimum Gasteiger partial charge on any atom is -0.495 e. The fourth-order valence-electron chi connectivity index (χ4n) is 1.56. The predicted octanol–water partition coefficient (Wildman–Crippen LogP) is 2.68. The van der Waals surface area contributed by atoms with Crippen LogP contribution in [0.4, 0.5) is 8.78 Å². The third kappa shape index (κ3) is 1.63. The SMILES string of the molecule is COc1cc(F)c(C2(N)CC2)c(F)c1Br. The summed E-state index contributed by atoms with van der Waals surface area (Å²) < 4.78 is 32.3. The van der Waals surface area contributed by atoms with Crippen molar-refractivity contribution in [1.29, 1.82) is 0 Å². The fourth-order valence-corrected chi connectivity index (χ4v) is 2.04. The Morgan fingerprint density at radius 2 is 2.07 bits per heavy atom. The minimum absolute atomic E-state index is 0.0461. The molecule has 0 spiro atoms. The molecular weight excluding hydrogens is 268 g/mol. The van der Waals surface area contributed by atoms with Gasteiger partial charge in [0.15, 0.2) is 0 Å². The number of rotatable bonds is 2. The summed E-state index contributed by atoms with van der Waals surface area (Å²) in [4.78, 5) is 0. The first kappa shape index (κ1) is 10.8. The first-order valence-electron chi connectivity index (χ1n) is 4.50. The molecule has 5 heteroatoms. The van der Waals surface area contributed by atoms with E-state index in [2.05, 4.69) is 15.9 Å². The number of halogens is 3. The highest BCUT2D eigenvalue weighted by molar-refractivity contribution is 9.10. The van der Waals surface area contributed by atoms with Gasteiger partial charge < -0.3 is 10.5 Å². The van der Waals surface area contributed by atoms with Crippen molar-refractivity contribution in [2.45, 2.75) is 18.4 Å². The first-order chi connectivity index (χ1) is 6.99. The van der Waals surface area contributed by atoms with Gasteiger partial charge in [0.05, 0.1) is 11.6 Å². The molecule has 1 aromatic rings. The van der Waals surface area contributed by atoms with Gasteiger partial charge in [-0.1, -0.05) is 0 Å². The molecular formula is C10H10BrF2NO. The summed E-state index contributed by atoms with van der Waals surface area (Å²) >= 11 is 3.02. The largest absolute Gasteiger partial charge is 0.495 e. The molecule has 2 rings (SSSR count). The van der Waals surface area contributed by atoms with Gasteiger partial charge >= 0.3 is 0 Å². The van der Waals surface area contributed by atoms with Crippen LogP contribution >= 0.6 is 15.9 Å². The summed E-state index contributed by atoms with van der Waals surface area (Å²) in [6.45, 7) is 0. The summed E-state index contributed by atoms with van der Waals surface area (Å²) in [6, 6.07) is 1.15. The first-order valence-corrected chi connectivity index (χ1v) is 5.30. The van der Waals surface area contributed by atoms with E-state index in [4.69, 9.17) is 10.5 Å². The van der Waals surface area contributed by atoms with Crippen LogP contribution in [0.5, 0.6) is 5.75 Å². The lowest BCUT2D eigenvalue weighted by Crippen LogP contribution is -2.22. The number of hydrogen-bond donors (Lipinski definition) is 1. The second-order valence-corrected chi connectivity index (χ2v) is 4.51. The molecule has 0 aliphatic heterocycles. The summed E-state index contributed by atoms with van der Waals surface area (Å²) in [5, 5.41) is 0. The third-order valence-electron chi connectivity index (χ3n) is 2.63. The van der Waals surface area contributed by atoms with Crippen LogP contribution in [0.15, 0.2) is 10.5 Å². The molecule has 0 atom stereocenters. The summed E-state index contributed by atoms with van der Waals surface area (Å²) in [5.41, 5.74) is 4.91. The van der Waals surface area contributed by atoms with Gasteiger partial charge in [-0.2, -0.15) is 0 Å². The van der Waals surface area contributed by atoms with Crippen molar-refractivity contribution < 1.29 is 13.5 Å². The molecule has 0 heterocycles. The lowest BCUT2D eigenvalue weighted by atomic mass is 10.0. The Morgan fingerprint density at radius 3 is 2.53 bits per heavy atom. The van der Waals surface area contributed by atoms with Crippen molar-refractivity contribution in [2.75, 3.05) is 7.11 Å². The molecule has 0 aromatic heterocycles. The van der Waals surface area contributed by atoms with Crippen molar-refractivity contribution in [2.24, 2.45) is 5.73 Å². The zero-order valence-corrected chi connectivity index (χ0v) is 9.70. The van der Waals surface area contributed by atoms with Gasteiger partial charge in [0.2, 0.25) is 0 Å². The smallest absolute Gasteiger partial charge is 0.149 e. The van der Waals surface area contributed by atoms with Crippen molar-refractivity contribution in [3.63, 3.8) is 0 Å². The normalized spacial score (nSPS) is 17.7. The molecule has 82 valence electrons. The third-order valence-corrected chi connectivity index (χ3v) is 3.37. The Bertz CT molecular complexity index is 418. The zero-order valence-electron chi connectivity index (χ0n) is 8.11. The van der Waals surface area contributed by atoms with Crippen molar-refractivity contribution in [3.8, 4) is 5.75 Å². The zero-order chi connectivity index (χ0) is 11.2. The number of nitrogens with two attached hydrogens (primary N) is 1. The lowest BCUT2D eigenvalue weighted by molar-refractivity contribution is 0.399. The van der Waals surface area contributed by atoms with Gasteiger partial charge in [-0.05, 0) is 28.8 Å². The molecule has 0 bridgehead atoms. The molecule has 0 amide bonds. The van der Waals surface area contributed by atoms with Crippen LogP contribution < -0.4 is 10.5 Å². The van der Waals surface area contributed by atoms with E-state index in [1.165, 1.54) is 7.11 Å². The van der Waals surface area contributed by atoms with Crippen LogP contribution in [0.25, 0.3) is 0 Å². The summed E-state index contributed by atoms with van der Waals surface area (Å²) in [5.74, 6) is -1.17. The fraction of sp³-hybridized carbons (Fsp3) is 0.400. The van der Waals surface area contributed by atoms with Gasteiger partial charge in [0, 0.05) is 17.2 Å². The Morgan fingerprint density at radius 1 is 1.47 bits per heavy atom. The maximum atomic E-state index is 13.8. The standard InChI is InChI=1S/C10H10BrF2NO/c1-15-6-4-5(12)7(9(13)8(6)11)10(14)2-3-10/h4H,2-3,14H2,1H3. The van der Waals surface area contributed by atoms with E-state index in [0.717, 1.165) is 6.07 Å². The van der Waals surface area contributed by atoms with E-state index >= 15 is 0 Å². The van der Waals surface area contributed by atoms with Crippen LogP contribution in [0, 0.1) is 11.6 Å². The molecule has 2 nitrogen and oxygen atoms in total. The van der Waals surface area contributed by atoms with Gasteiger partial charge in [-0.25, -0.2) is 8.78 Å². The van der Waals surface area contributed by atoms with Crippen LogP contribution in [0.2, 0.25) is 0 Å². The Kier molecular flexibility index (Phi) is 2.47. The highest BCUT2D eigenvalue weighted by atomic mass is 79.9. The molecule has 0 saturated heterocycles. The maximum absolute atomic E-state index is 13.8. The van der Waals surface area contributed by atoms with Crippen LogP contribution in [0.3, 0.4) is 0 Å². The molecule has 2 N–H and O–H groups in total. The van der Waals surface area contributed by atoms with E-state index in [0.29, 0.717) is 12.8 Å². The summed E-state index contributed by atoms with van der Waals surface area (Å²) in [6.07, 6.45) is 1.22. The second kappa shape index (κ2) is 3.42. The van der Waals surface area contributed by atoms with Crippen LogP contribution in [-0.2, 0) is 5.54 Å². The Balaban J connectivity index is 2.61. The van der Waals surface area contributed by atoms with Gasteiger partial charge in [-0.3, -0.25) is 0 Å². The number of hydrogen-bond acceptors (Lipinski definition) is 2. The van der Waals surface area contributed by atoms with E-state index in [1.807, 2.05) is 0 Å². The van der Waals surface area contributed by atoms with Crippen molar-refractivity contribution in [1.82, 2.24) is 0 Å². The molecule has 1 saturated carbocycles. The van der Waals surface area contributed by atoms with Crippen molar-refractivity contribution in [3.05, 3.63) is 27.7 Å². The van der Waals surface area contributed by atoms with Gasteiger partial charge in [0.1, 0.15) is 17.4 Å². The molecule has 1 aromatic carbocycles. The molecule has 1 aliphatic carbocycles. The highest BCUT2D eigenvalue weighted by Gasteiger charge is 2.45. The van der Waals surface area contributed by atoms with Gasteiger partial charge in [0.25, 0.3) is 0 Å². The monoisotopic (exact) mass is 277 g/mol. The average molecular weight is 278 g/mol. The molecule has 0 radical (unpaired) electrons. The molecule has 1 fully saturated rings. The van der Waals surface area contributed by atoms with E-state index in [1.54, 1.807) is 0 Å². The minimum atomic E-state index is -0.830. The van der Waals surface area contributed by atoms with E-state index in [9.17, 15) is 8.78 Å². The lowest BCUT2D eigenvalue weighted by Gasteiger charge is -2.14. The summed E-state index contributed by atoms with van der Waals surface area (Å²) in [7, 11) is 1.36. The number of ether oxygens (including phenoxy) is 1. The molecule has 0 unspecified atom stereocenters. The highest BCUT2D eigenvalue weighted by Crippen LogP contribution is 2.47. The van der Waals surface area contributed by atoms with E-state index < -0.39 is 17.2 Å². The average Bonchev–Trinajstić information content (AvgIpc) is 2.91. The number of benzene rings is 1. The van der Waals surface area contributed by atoms with Crippen molar-refractivity contribution >= 4 is 15.9 Å².